The predicted molar refractivity (Wildman–Crippen MR) is 83.4 cm³/mol. The SMILES string of the molecule is CCC(NS(=O)(=O)c1cc(F)c(Cl)c(CNC)c1)C(C)C. The standard InChI is InChI=1S/C14H22ClFN2O2S/c1-5-13(9(2)3)18-21(19,20)11-6-10(8-17-4)14(15)12(16)7-11/h6-7,9,13,17-18H,5,8H2,1-4H3. The monoisotopic (exact) mass is 336 g/mol. The summed E-state index contributed by atoms with van der Waals surface area (Å²) in [6.45, 7) is 6.07. The van der Waals surface area contributed by atoms with Gasteiger partial charge in [0.1, 0.15) is 5.82 Å². The minimum atomic E-state index is -3.77. The Hall–Kier alpha value is -0.690. The van der Waals surface area contributed by atoms with E-state index in [4.69, 9.17) is 11.6 Å². The summed E-state index contributed by atoms with van der Waals surface area (Å²) in [5.41, 5.74) is 0.414. The molecule has 21 heavy (non-hydrogen) atoms. The van der Waals surface area contributed by atoms with Crippen LogP contribution < -0.4 is 10.0 Å². The highest BCUT2D eigenvalue weighted by Gasteiger charge is 2.23. The maximum absolute atomic E-state index is 13.8. The molecule has 0 fully saturated rings. The third-order valence-electron chi connectivity index (χ3n) is 3.31. The molecule has 4 nitrogen and oxygen atoms in total. The van der Waals surface area contributed by atoms with Crippen molar-refractivity contribution < 1.29 is 12.8 Å². The van der Waals surface area contributed by atoms with Gasteiger partial charge in [0.05, 0.1) is 9.92 Å². The van der Waals surface area contributed by atoms with E-state index in [0.29, 0.717) is 18.5 Å². The maximum Gasteiger partial charge on any atom is 0.240 e. The minimum absolute atomic E-state index is 0.0563. The van der Waals surface area contributed by atoms with E-state index in [-0.39, 0.29) is 21.9 Å². The fourth-order valence-corrected chi connectivity index (χ4v) is 3.76. The smallest absolute Gasteiger partial charge is 0.240 e. The molecule has 0 saturated carbocycles. The first kappa shape index (κ1) is 18.4. The highest BCUT2D eigenvalue weighted by molar-refractivity contribution is 7.89. The van der Waals surface area contributed by atoms with Crippen LogP contribution in [0.4, 0.5) is 4.39 Å². The molecule has 1 atom stereocenters. The molecule has 1 aromatic carbocycles. The molecule has 0 aliphatic carbocycles. The molecule has 1 aromatic rings. The largest absolute Gasteiger partial charge is 0.316 e. The van der Waals surface area contributed by atoms with Crippen LogP contribution in [0.1, 0.15) is 32.8 Å². The summed E-state index contributed by atoms with van der Waals surface area (Å²) in [5.74, 6) is -0.582. The van der Waals surface area contributed by atoms with E-state index in [1.807, 2.05) is 20.8 Å². The van der Waals surface area contributed by atoms with Crippen molar-refractivity contribution in [1.29, 1.82) is 0 Å². The van der Waals surface area contributed by atoms with Gasteiger partial charge in [-0.2, -0.15) is 0 Å². The van der Waals surface area contributed by atoms with Gasteiger partial charge in [-0.25, -0.2) is 17.5 Å². The molecule has 0 spiro atoms. The molecule has 0 heterocycles. The number of hydrogen-bond donors (Lipinski definition) is 2. The number of sulfonamides is 1. The van der Waals surface area contributed by atoms with E-state index in [1.54, 1.807) is 7.05 Å². The van der Waals surface area contributed by atoms with Crippen molar-refractivity contribution in [3.05, 3.63) is 28.5 Å². The Morgan fingerprint density at radius 2 is 1.95 bits per heavy atom. The molecule has 1 unspecified atom stereocenters. The van der Waals surface area contributed by atoms with Crippen molar-refractivity contribution in [2.75, 3.05) is 7.05 Å². The number of rotatable bonds is 7. The van der Waals surface area contributed by atoms with Gasteiger partial charge in [0, 0.05) is 12.6 Å². The topological polar surface area (TPSA) is 58.2 Å². The molecule has 0 aliphatic rings. The lowest BCUT2D eigenvalue weighted by atomic mass is 10.0. The summed E-state index contributed by atoms with van der Waals surface area (Å²) < 4.78 is 41.2. The molecule has 0 saturated heterocycles. The average molecular weight is 337 g/mol. The molecule has 120 valence electrons. The van der Waals surface area contributed by atoms with Crippen LogP contribution >= 0.6 is 11.6 Å². The van der Waals surface area contributed by atoms with Gasteiger partial charge in [-0.05, 0) is 37.1 Å². The Labute approximate surface area is 131 Å². The Kier molecular flexibility index (Phi) is 6.59. The van der Waals surface area contributed by atoms with Crippen molar-refractivity contribution in [3.8, 4) is 0 Å². The van der Waals surface area contributed by atoms with Crippen molar-refractivity contribution in [1.82, 2.24) is 10.0 Å². The normalized spacial score (nSPS) is 13.7. The number of hydrogen-bond acceptors (Lipinski definition) is 3. The Morgan fingerprint density at radius 3 is 2.43 bits per heavy atom. The van der Waals surface area contributed by atoms with Gasteiger partial charge in [0.15, 0.2) is 0 Å². The summed E-state index contributed by atoms with van der Waals surface area (Å²) in [4.78, 5) is -0.103. The van der Waals surface area contributed by atoms with Gasteiger partial charge in [0.25, 0.3) is 0 Å². The number of benzene rings is 1. The molecule has 0 aliphatic heterocycles. The van der Waals surface area contributed by atoms with Crippen LogP contribution in [-0.2, 0) is 16.6 Å². The summed E-state index contributed by atoms with van der Waals surface area (Å²) in [6.07, 6.45) is 0.663. The third-order valence-corrected chi connectivity index (χ3v) is 5.20. The van der Waals surface area contributed by atoms with Crippen molar-refractivity contribution >= 4 is 21.6 Å². The summed E-state index contributed by atoms with van der Waals surface area (Å²) in [5, 5.41) is 2.78. The molecule has 0 bridgehead atoms. The van der Waals surface area contributed by atoms with Crippen molar-refractivity contribution in [2.24, 2.45) is 5.92 Å². The maximum atomic E-state index is 13.8. The van der Waals surface area contributed by atoms with E-state index >= 15 is 0 Å². The van der Waals surface area contributed by atoms with E-state index in [0.717, 1.165) is 6.07 Å². The zero-order valence-corrected chi connectivity index (χ0v) is 14.3. The fourth-order valence-electron chi connectivity index (χ4n) is 2.05. The lowest BCUT2D eigenvalue weighted by Gasteiger charge is -2.21. The van der Waals surface area contributed by atoms with Crippen molar-refractivity contribution in [2.45, 2.75) is 44.7 Å². The Bertz CT molecular complexity index is 591. The van der Waals surface area contributed by atoms with Gasteiger partial charge in [0.2, 0.25) is 10.0 Å². The molecule has 0 aromatic heterocycles. The molecule has 0 amide bonds. The summed E-state index contributed by atoms with van der Waals surface area (Å²) in [6, 6.07) is 2.16. The molecule has 0 radical (unpaired) electrons. The Morgan fingerprint density at radius 1 is 1.33 bits per heavy atom. The predicted octanol–water partition coefficient (Wildman–Crippen LogP) is 2.91. The van der Waals surface area contributed by atoms with Gasteiger partial charge < -0.3 is 5.32 Å². The molecule has 2 N–H and O–H groups in total. The lowest BCUT2D eigenvalue weighted by molar-refractivity contribution is 0.437. The average Bonchev–Trinajstić information content (AvgIpc) is 2.40. The van der Waals surface area contributed by atoms with Crippen LogP contribution in [-0.4, -0.2) is 21.5 Å². The van der Waals surface area contributed by atoms with E-state index < -0.39 is 15.8 Å². The first-order valence-electron chi connectivity index (χ1n) is 6.87. The van der Waals surface area contributed by atoms with Crippen molar-refractivity contribution in [3.63, 3.8) is 0 Å². The summed E-state index contributed by atoms with van der Waals surface area (Å²) in [7, 11) is -2.09. The first-order chi connectivity index (χ1) is 9.72. The van der Waals surface area contributed by atoms with Crippen LogP contribution in [0, 0.1) is 11.7 Å². The number of nitrogens with one attached hydrogen (secondary N) is 2. The highest BCUT2D eigenvalue weighted by Crippen LogP contribution is 2.25. The van der Waals surface area contributed by atoms with Crippen LogP contribution in [0.5, 0.6) is 0 Å². The van der Waals surface area contributed by atoms with Gasteiger partial charge in [-0.1, -0.05) is 32.4 Å². The van der Waals surface area contributed by atoms with Gasteiger partial charge in [-0.15, -0.1) is 0 Å². The van der Waals surface area contributed by atoms with Crippen LogP contribution in [0.3, 0.4) is 0 Å². The third kappa shape index (κ3) is 4.64. The summed E-state index contributed by atoms with van der Waals surface area (Å²) >= 11 is 5.85. The van der Waals surface area contributed by atoms with Gasteiger partial charge >= 0.3 is 0 Å². The zero-order chi connectivity index (χ0) is 16.2. The molecular formula is C14H22ClFN2O2S. The Balaban J connectivity index is 3.19. The van der Waals surface area contributed by atoms with E-state index in [9.17, 15) is 12.8 Å². The van der Waals surface area contributed by atoms with E-state index in [1.165, 1.54) is 6.07 Å². The van der Waals surface area contributed by atoms with E-state index in [2.05, 4.69) is 10.0 Å². The molecular weight excluding hydrogens is 315 g/mol. The van der Waals surface area contributed by atoms with Crippen LogP contribution in [0.25, 0.3) is 0 Å². The minimum Gasteiger partial charge on any atom is -0.316 e. The second-order valence-electron chi connectivity index (χ2n) is 5.29. The van der Waals surface area contributed by atoms with Crippen LogP contribution in [0.2, 0.25) is 5.02 Å². The second kappa shape index (κ2) is 7.54. The number of halogens is 2. The van der Waals surface area contributed by atoms with Gasteiger partial charge in [-0.3, -0.25) is 0 Å². The first-order valence-corrected chi connectivity index (χ1v) is 8.73. The van der Waals surface area contributed by atoms with Crippen LogP contribution in [0.15, 0.2) is 17.0 Å². The molecule has 7 heteroatoms. The molecule has 1 rings (SSSR count). The lowest BCUT2D eigenvalue weighted by Crippen LogP contribution is -2.38. The second-order valence-corrected chi connectivity index (χ2v) is 7.38. The highest BCUT2D eigenvalue weighted by atomic mass is 35.5. The fraction of sp³-hybridized carbons (Fsp3) is 0.571. The quantitative estimate of drug-likeness (QED) is 0.805. The zero-order valence-electron chi connectivity index (χ0n) is 12.7.